The zero-order chi connectivity index (χ0) is 9.31. The van der Waals surface area contributed by atoms with Crippen molar-refractivity contribution in [3.63, 3.8) is 0 Å². The van der Waals surface area contributed by atoms with Gasteiger partial charge in [-0.1, -0.05) is 11.6 Å². The molecule has 4 heteroatoms. The standard InChI is InChI=1S/C9H10ClNO2/c10-8-5-7(1-3-11-8)9(12)2-4-13-6-9/h1,3,5,12H,2,4,6H2. The van der Waals surface area contributed by atoms with Crippen molar-refractivity contribution in [2.45, 2.75) is 12.0 Å². The number of pyridine rings is 1. The monoisotopic (exact) mass is 199 g/mol. The third kappa shape index (κ3) is 1.68. The molecule has 1 unspecified atom stereocenters. The first-order chi connectivity index (χ1) is 6.21. The van der Waals surface area contributed by atoms with Crippen LogP contribution in [0.4, 0.5) is 0 Å². The number of aromatic nitrogens is 1. The lowest BCUT2D eigenvalue weighted by molar-refractivity contribution is 0.0231. The van der Waals surface area contributed by atoms with Crippen LogP contribution in [0.15, 0.2) is 18.3 Å². The molecule has 0 aliphatic carbocycles. The van der Waals surface area contributed by atoms with Crippen molar-refractivity contribution < 1.29 is 9.84 Å². The molecule has 0 bridgehead atoms. The fourth-order valence-electron chi connectivity index (χ4n) is 1.47. The molecule has 1 saturated heterocycles. The van der Waals surface area contributed by atoms with Crippen LogP contribution in [-0.2, 0) is 10.3 Å². The number of aliphatic hydroxyl groups is 1. The molecule has 2 heterocycles. The molecule has 1 aliphatic rings. The minimum atomic E-state index is -0.868. The van der Waals surface area contributed by atoms with Gasteiger partial charge < -0.3 is 9.84 Å². The molecule has 3 nitrogen and oxygen atoms in total. The van der Waals surface area contributed by atoms with E-state index >= 15 is 0 Å². The maximum absolute atomic E-state index is 10.1. The smallest absolute Gasteiger partial charge is 0.129 e. The number of ether oxygens (including phenoxy) is 1. The van der Waals surface area contributed by atoms with Crippen molar-refractivity contribution in [1.29, 1.82) is 0 Å². The van der Waals surface area contributed by atoms with Crippen molar-refractivity contribution in [2.75, 3.05) is 13.2 Å². The zero-order valence-corrected chi connectivity index (χ0v) is 7.79. The van der Waals surface area contributed by atoms with Crippen molar-refractivity contribution in [2.24, 2.45) is 0 Å². The second kappa shape index (κ2) is 3.25. The number of rotatable bonds is 1. The summed E-state index contributed by atoms with van der Waals surface area (Å²) in [5.41, 5.74) is -0.0861. The Bertz CT molecular complexity index is 310. The lowest BCUT2D eigenvalue weighted by atomic mass is 9.94. The largest absolute Gasteiger partial charge is 0.383 e. The van der Waals surface area contributed by atoms with E-state index in [9.17, 15) is 5.11 Å². The van der Waals surface area contributed by atoms with E-state index < -0.39 is 5.60 Å². The molecule has 1 aromatic rings. The molecule has 1 aliphatic heterocycles. The van der Waals surface area contributed by atoms with Crippen LogP contribution in [0, 0.1) is 0 Å². The number of nitrogens with zero attached hydrogens (tertiary/aromatic N) is 1. The minimum absolute atomic E-state index is 0.341. The van der Waals surface area contributed by atoms with Gasteiger partial charge in [0.25, 0.3) is 0 Å². The normalized spacial score (nSPS) is 27.8. The molecule has 1 aromatic heterocycles. The Labute approximate surface area is 81.3 Å². The van der Waals surface area contributed by atoms with E-state index in [0.717, 1.165) is 5.56 Å². The van der Waals surface area contributed by atoms with Gasteiger partial charge in [-0.3, -0.25) is 0 Å². The Kier molecular flexibility index (Phi) is 2.24. The van der Waals surface area contributed by atoms with Gasteiger partial charge in [0.1, 0.15) is 10.8 Å². The summed E-state index contributed by atoms with van der Waals surface area (Å²) < 4.78 is 5.14. The Morgan fingerprint density at radius 1 is 1.62 bits per heavy atom. The minimum Gasteiger partial charge on any atom is -0.383 e. The molecule has 13 heavy (non-hydrogen) atoms. The average Bonchev–Trinajstić information content (AvgIpc) is 2.54. The summed E-state index contributed by atoms with van der Waals surface area (Å²) in [7, 11) is 0. The van der Waals surface area contributed by atoms with Crippen LogP contribution in [0.25, 0.3) is 0 Å². The van der Waals surface area contributed by atoms with E-state index in [0.29, 0.717) is 24.8 Å². The molecule has 1 N–H and O–H groups in total. The maximum atomic E-state index is 10.1. The van der Waals surface area contributed by atoms with E-state index in [1.54, 1.807) is 18.3 Å². The van der Waals surface area contributed by atoms with Gasteiger partial charge in [-0.2, -0.15) is 0 Å². The van der Waals surface area contributed by atoms with E-state index in [1.807, 2.05) is 0 Å². The fourth-order valence-corrected chi connectivity index (χ4v) is 1.65. The fraction of sp³-hybridized carbons (Fsp3) is 0.444. The second-order valence-electron chi connectivity index (χ2n) is 3.20. The molecular formula is C9H10ClNO2. The SMILES string of the molecule is OC1(c2ccnc(Cl)c2)CCOC1. The van der Waals surface area contributed by atoms with Gasteiger partial charge in [-0.05, 0) is 17.7 Å². The first-order valence-corrected chi connectivity index (χ1v) is 4.51. The number of halogens is 1. The van der Waals surface area contributed by atoms with Crippen molar-refractivity contribution in [1.82, 2.24) is 4.98 Å². The molecule has 0 saturated carbocycles. The van der Waals surface area contributed by atoms with Gasteiger partial charge in [0.15, 0.2) is 0 Å². The first-order valence-electron chi connectivity index (χ1n) is 4.13. The highest BCUT2D eigenvalue weighted by atomic mass is 35.5. The predicted octanol–water partition coefficient (Wildman–Crippen LogP) is 1.34. The number of hydrogen-bond donors (Lipinski definition) is 1. The lowest BCUT2D eigenvalue weighted by Gasteiger charge is -2.20. The van der Waals surface area contributed by atoms with E-state index in [1.165, 1.54) is 0 Å². The van der Waals surface area contributed by atoms with Gasteiger partial charge >= 0.3 is 0 Å². The first kappa shape index (κ1) is 8.94. The maximum Gasteiger partial charge on any atom is 0.129 e. The van der Waals surface area contributed by atoms with Crippen molar-refractivity contribution >= 4 is 11.6 Å². The van der Waals surface area contributed by atoms with Gasteiger partial charge in [0.05, 0.1) is 6.61 Å². The van der Waals surface area contributed by atoms with E-state index in [-0.39, 0.29) is 0 Å². The molecular weight excluding hydrogens is 190 g/mol. The van der Waals surface area contributed by atoms with Gasteiger partial charge in [0.2, 0.25) is 0 Å². The van der Waals surface area contributed by atoms with E-state index in [4.69, 9.17) is 16.3 Å². The van der Waals surface area contributed by atoms with Gasteiger partial charge in [-0.15, -0.1) is 0 Å². The quantitative estimate of drug-likeness (QED) is 0.695. The Morgan fingerprint density at radius 3 is 3.08 bits per heavy atom. The Balaban J connectivity index is 2.33. The molecule has 0 radical (unpaired) electrons. The lowest BCUT2D eigenvalue weighted by Crippen LogP contribution is -2.25. The summed E-state index contributed by atoms with van der Waals surface area (Å²) in [5, 5.41) is 10.5. The van der Waals surface area contributed by atoms with Gasteiger partial charge in [0, 0.05) is 19.2 Å². The molecule has 2 rings (SSSR count). The molecule has 1 fully saturated rings. The third-order valence-corrected chi connectivity index (χ3v) is 2.47. The Hall–Kier alpha value is -0.640. The third-order valence-electron chi connectivity index (χ3n) is 2.26. The molecule has 0 spiro atoms. The molecule has 0 aromatic carbocycles. The van der Waals surface area contributed by atoms with Crippen LogP contribution in [0.3, 0.4) is 0 Å². The summed E-state index contributed by atoms with van der Waals surface area (Å²) in [6.45, 7) is 0.934. The van der Waals surface area contributed by atoms with Crippen LogP contribution in [0.2, 0.25) is 5.15 Å². The molecule has 70 valence electrons. The van der Waals surface area contributed by atoms with Crippen molar-refractivity contribution in [3.8, 4) is 0 Å². The van der Waals surface area contributed by atoms with Crippen LogP contribution in [0.1, 0.15) is 12.0 Å². The van der Waals surface area contributed by atoms with Gasteiger partial charge in [-0.25, -0.2) is 4.98 Å². The van der Waals surface area contributed by atoms with Crippen LogP contribution < -0.4 is 0 Å². The predicted molar refractivity (Wildman–Crippen MR) is 48.6 cm³/mol. The number of hydrogen-bond acceptors (Lipinski definition) is 3. The van der Waals surface area contributed by atoms with Crippen LogP contribution >= 0.6 is 11.6 Å². The summed E-state index contributed by atoms with van der Waals surface area (Å²) >= 11 is 5.72. The van der Waals surface area contributed by atoms with E-state index in [2.05, 4.69) is 4.98 Å². The zero-order valence-electron chi connectivity index (χ0n) is 7.03. The molecule has 0 amide bonds. The highest BCUT2D eigenvalue weighted by Gasteiger charge is 2.34. The van der Waals surface area contributed by atoms with Crippen LogP contribution in [-0.4, -0.2) is 23.3 Å². The highest BCUT2D eigenvalue weighted by molar-refractivity contribution is 6.29. The molecule has 1 atom stereocenters. The topological polar surface area (TPSA) is 42.4 Å². The Morgan fingerprint density at radius 2 is 2.46 bits per heavy atom. The highest BCUT2D eigenvalue weighted by Crippen LogP contribution is 2.30. The second-order valence-corrected chi connectivity index (χ2v) is 3.59. The summed E-state index contributed by atoms with van der Waals surface area (Å²) in [6, 6.07) is 3.44. The van der Waals surface area contributed by atoms with Crippen LogP contribution in [0.5, 0.6) is 0 Å². The summed E-state index contributed by atoms with van der Waals surface area (Å²) in [4.78, 5) is 3.86. The summed E-state index contributed by atoms with van der Waals surface area (Å²) in [6.07, 6.45) is 2.21. The average molecular weight is 200 g/mol. The summed E-state index contributed by atoms with van der Waals surface area (Å²) in [5.74, 6) is 0. The van der Waals surface area contributed by atoms with Crippen molar-refractivity contribution in [3.05, 3.63) is 29.0 Å².